The molecule has 5 nitrogen and oxygen atoms in total. The van der Waals surface area contributed by atoms with Crippen LogP contribution in [0.2, 0.25) is 5.02 Å². The normalized spacial score (nSPS) is 13.4. The number of aliphatic hydroxyl groups is 1. The summed E-state index contributed by atoms with van der Waals surface area (Å²) in [5.41, 5.74) is 1.10. The van der Waals surface area contributed by atoms with Crippen molar-refractivity contribution in [3.8, 4) is 0 Å². The van der Waals surface area contributed by atoms with E-state index in [-0.39, 0.29) is 12.6 Å². The minimum atomic E-state index is -0.424. The summed E-state index contributed by atoms with van der Waals surface area (Å²) < 4.78 is 0. The number of carbonyl (C=O) groups is 1. The van der Waals surface area contributed by atoms with Crippen LogP contribution in [0, 0.1) is 0 Å². The molecular formula is C15H24ClN3O2. The van der Waals surface area contributed by atoms with Gasteiger partial charge in [-0.05, 0) is 38.0 Å². The lowest BCUT2D eigenvalue weighted by Crippen LogP contribution is -2.48. The highest BCUT2D eigenvalue weighted by Crippen LogP contribution is 2.27. The summed E-state index contributed by atoms with van der Waals surface area (Å²) in [6, 6.07) is 5.06. The Balaban J connectivity index is 2.73. The maximum Gasteiger partial charge on any atom is 0.319 e. The molecule has 0 bridgehead atoms. The molecule has 21 heavy (non-hydrogen) atoms. The van der Waals surface area contributed by atoms with E-state index in [0.717, 1.165) is 12.1 Å². The molecule has 1 aromatic carbocycles. The molecule has 0 saturated carbocycles. The molecule has 0 heterocycles. The largest absolute Gasteiger partial charge is 0.396 e. The first kappa shape index (κ1) is 17.6. The van der Waals surface area contributed by atoms with Gasteiger partial charge in [0, 0.05) is 31.9 Å². The lowest BCUT2D eigenvalue weighted by molar-refractivity contribution is 0.208. The quantitative estimate of drug-likeness (QED) is 0.756. The third-order valence-corrected chi connectivity index (χ3v) is 3.85. The third kappa shape index (κ3) is 5.10. The molecule has 1 rings (SSSR count). The second-order valence-electron chi connectivity index (χ2n) is 5.53. The Bertz CT molecular complexity index is 494. The molecule has 6 heteroatoms. The van der Waals surface area contributed by atoms with Crippen molar-refractivity contribution in [1.82, 2.24) is 5.32 Å². The number of hydrogen-bond donors (Lipinski definition) is 3. The predicted octanol–water partition coefficient (Wildman–Crippen LogP) is 3.08. The summed E-state index contributed by atoms with van der Waals surface area (Å²) in [5.74, 6) is 0. The summed E-state index contributed by atoms with van der Waals surface area (Å²) in [6.07, 6.45) is 1.25. The van der Waals surface area contributed by atoms with Crippen LogP contribution in [0.4, 0.5) is 16.2 Å². The van der Waals surface area contributed by atoms with Crippen LogP contribution < -0.4 is 15.5 Å². The molecular weight excluding hydrogens is 290 g/mol. The lowest BCUT2D eigenvalue weighted by Gasteiger charge is -2.29. The van der Waals surface area contributed by atoms with Crippen LogP contribution >= 0.6 is 11.6 Å². The van der Waals surface area contributed by atoms with Gasteiger partial charge in [-0.2, -0.15) is 0 Å². The van der Waals surface area contributed by atoms with E-state index in [9.17, 15) is 4.79 Å². The lowest BCUT2D eigenvalue weighted by atomic mass is 9.95. The Hall–Kier alpha value is -1.46. The Morgan fingerprint density at radius 3 is 2.57 bits per heavy atom. The zero-order valence-electron chi connectivity index (χ0n) is 13.0. The number of halogens is 1. The van der Waals surface area contributed by atoms with Gasteiger partial charge < -0.3 is 20.6 Å². The highest BCUT2D eigenvalue weighted by molar-refractivity contribution is 6.33. The van der Waals surface area contributed by atoms with E-state index in [1.165, 1.54) is 0 Å². The fourth-order valence-electron chi connectivity index (χ4n) is 1.96. The van der Waals surface area contributed by atoms with Gasteiger partial charge >= 0.3 is 6.03 Å². The second-order valence-corrected chi connectivity index (χ2v) is 5.93. The monoisotopic (exact) mass is 313 g/mol. The molecule has 1 aromatic rings. The highest BCUT2D eigenvalue weighted by Gasteiger charge is 2.23. The Morgan fingerprint density at radius 1 is 1.43 bits per heavy atom. The number of benzene rings is 1. The first-order chi connectivity index (χ1) is 9.81. The Morgan fingerprint density at radius 2 is 2.10 bits per heavy atom. The van der Waals surface area contributed by atoms with Crippen molar-refractivity contribution in [2.75, 3.05) is 30.9 Å². The van der Waals surface area contributed by atoms with Crippen molar-refractivity contribution >= 4 is 29.0 Å². The van der Waals surface area contributed by atoms with Crippen molar-refractivity contribution in [2.45, 2.75) is 32.2 Å². The molecule has 1 atom stereocenters. The minimum absolute atomic E-state index is 0.0357. The zero-order valence-corrected chi connectivity index (χ0v) is 13.8. The predicted molar refractivity (Wildman–Crippen MR) is 88.3 cm³/mol. The van der Waals surface area contributed by atoms with Gasteiger partial charge in [0.05, 0.1) is 10.7 Å². The molecule has 0 aliphatic heterocycles. The average Bonchev–Trinajstić information content (AvgIpc) is 2.38. The SMILES string of the molecule is CCC(C)(CCO)NC(=O)Nc1ccc(N(C)C)c(Cl)c1. The molecule has 0 spiro atoms. The van der Waals surface area contributed by atoms with Gasteiger partial charge in [0.2, 0.25) is 0 Å². The fraction of sp³-hybridized carbons (Fsp3) is 0.533. The zero-order chi connectivity index (χ0) is 16.0. The van der Waals surface area contributed by atoms with Crippen LogP contribution in [0.3, 0.4) is 0 Å². The summed E-state index contributed by atoms with van der Waals surface area (Å²) >= 11 is 6.17. The molecule has 3 N–H and O–H groups in total. The topological polar surface area (TPSA) is 64.6 Å². The summed E-state index contributed by atoms with van der Waals surface area (Å²) in [6.45, 7) is 3.91. The first-order valence-electron chi connectivity index (χ1n) is 6.98. The number of urea groups is 1. The number of nitrogens with zero attached hydrogens (tertiary/aromatic N) is 1. The van der Waals surface area contributed by atoms with Crippen LogP contribution in [0.1, 0.15) is 26.7 Å². The molecule has 0 radical (unpaired) electrons. The molecule has 0 aliphatic rings. The standard InChI is InChI=1S/C15H24ClN3O2/c1-5-15(2,8-9-20)18-14(21)17-11-6-7-13(19(3)4)12(16)10-11/h6-7,10,20H,5,8-9H2,1-4H3,(H2,17,18,21). The number of amides is 2. The molecule has 0 fully saturated rings. The molecule has 2 amide bonds. The minimum Gasteiger partial charge on any atom is -0.396 e. The van der Waals surface area contributed by atoms with E-state index in [0.29, 0.717) is 17.1 Å². The van der Waals surface area contributed by atoms with E-state index < -0.39 is 5.54 Å². The van der Waals surface area contributed by atoms with Gasteiger partial charge in [0.15, 0.2) is 0 Å². The van der Waals surface area contributed by atoms with Crippen LogP contribution in [-0.2, 0) is 0 Å². The molecule has 1 unspecified atom stereocenters. The smallest absolute Gasteiger partial charge is 0.319 e. The van der Waals surface area contributed by atoms with E-state index in [1.807, 2.05) is 38.9 Å². The van der Waals surface area contributed by atoms with Crippen molar-refractivity contribution in [2.24, 2.45) is 0 Å². The second kappa shape index (κ2) is 7.52. The Kier molecular flexibility index (Phi) is 6.30. The van der Waals surface area contributed by atoms with E-state index in [4.69, 9.17) is 16.7 Å². The number of aliphatic hydroxyl groups excluding tert-OH is 1. The average molecular weight is 314 g/mol. The maximum atomic E-state index is 12.0. The number of anilines is 2. The van der Waals surface area contributed by atoms with Crippen molar-refractivity contribution in [1.29, 1.82) is 0 Å². The van der Waals surface area contributed by atoms with E-state index in [1.54, 1.807) is 12.1 Å². The third-order valence-electron chi connectivity index (χ3n) is 3.55. The van der Waals surface area contributed by atoms with Crippen LogP contribution in [0.15, 0.2) is 18.2 Å². The molecule has 0 saturated heterocycles. The number of carbonyl (C=O) groups excluding carboxylic acids is 1. The highest BCUT2D eigenvalue weighted by atomic mass is 35.5. The van der Waals surface area contributed by atoms with Gasteiger partial charge in [0.1, 0.15) is 0 Å². The van der Waals surface area contributed by atoms with Gasteiger partial charge in [-0.3, -0.25) is 0 Å². The molecule has 118 valence electrons. The number of rotatable bonds is 6. The van der Waals surface area contributed by atoms with Crippen molar-refractivity contribution in [3.63, 3.8) is 0 Å². The van der Waals surface area contributed by atoms with E-state index in [2.05, 4.69) is 10.6 Å². The molecule has 0 aromatic heterocycles. The van der Waals surface area contributed by atoms with Crippen molar-refractivity contribution < 1.29 is 9.90 Å². The van der Waals surface area contributed by atoms with Crippen molar-refractivity contribution in [3.05, 3.63) is 23.2 Å². The molecule has 0 aliphatic carbocycles. The summed E-state index contributed by atoms with van der Waals surface area (Å²) in [7, 11) is 3.81. The first-order valence-corrected chi connectivity index (χ1v) is 7.36. The van der Waals surface area contributed by atoms with Gasteiger partial charge in [-0.15, -0.1) is 0 Å². The summed E-state index contributed by atoms with van der Waals surface area (Å²) in [5, 5.41) is 15.3. The Labute approximate surface area is 131 Å². The van der Waals surface area contributed by atoms with Crippen LogP contribution in [0.25, 0.3) is 0 Å². The van der Waals surface area contributed by atoms with E-state index >= 15 is 0 Å². The van der Waals surface area contributed by atoms with Crippen LogP contribution in [0.5, 0.6) is 0 Å². The fourth-order valence-corrected chi connectivity index (χ4v) is 2.31. The van der Waals surface area contributed by atoms with Gasteiger partial charge in [0.25, 0.3) is 0 Å². The maximum absolute atomic E-state index is 12.0. The van der Waals surface area contributed by atoms with Gasteiger partial charge in [-0.1, -0.05) is 18.5 Å². The van der Waals surface area contributed by atoms with Gasteiger partial charge in [-0.25, -0.2) is 4.79 Å². The number of hydrogen-bond acceptors (Lipinski definition) is 3. The number of nitrogens with one attached hydrogen (secondary N) is 2. The summed E-state index contributed by atoms with van der Waals surface area (Å²) in [4.78, 5) is 13.9. The van der Waals surface area contributed by atoms with Crippen LogP contribution in [-0.4, -0.2) is 37.4 Å².